The van der Waals surface area contributed by atoms with Gasteiger partial charge in [0, 0.05) is 0 Å². The van der Waals surface area contributed by atoms with E-state index in [1.807, 2.05) is 0 Å². The van der Waals surface area contributed by atoms with Gasteiger partial charge in [0.2, 0.25) is 5.88 Å². The topological polar surface area (TPSA) is 73.1 Å². The summed E-state index contributed by atoms with van der Waals surface area (Å²) in [6.45, 7) is 7.09. The van der Waals surface area contributed by atoms with E-state index < -0.39 is 0 Å². The van der Waals surface area contributed by atoms with Crippen molar-refractivity contribution in [3.8, 4) is 5.88 Å². The van der Waals surface area contributed by atoms with Crippen LogP contribution in [0.1, 0.15) is 70.8 Å². The van der Waals surface area contributed by atoms with Gasteiger partial charge in [0.25, 0.3) is 0 Å². The molecule has 0 bridgehead atoms. The van der Waals surface area contributed by atoms with Crippen molar-refractivity contribution >= 4 is 5.82 Å². The highest BCUT2D eigenvalue weighted by Gasteiger charge is 2.15. The summed E-state index contributed by atoms with van der Waals surface area (Å²) in [6.07, 6.45) is 8.98. The molecule has 5 heteroatoms. The number of nitrogens with one attached hydrogen (secondary N) is 1. The molecule has 0 saturated carbocycles. The van der Waals surface area contributed by atoms with Crippen LogP contribution >= 0.6 is 0 Å². The maximum atomic E-state index is 5.80. The summed E-state index contributed by atoms with van der Waals surface area (Å²) in [5.74, 6) is 7.05. The Hall–Kier alpha value is -1.36. The molecular weight excluding hydrogens is 252 g/mol. The first-order valence-corrected chi connectivity index (χ1v) is 7.65. The number of hydrogen-bond donors (Lipinski definition) is 2. The molecule has 0 amide bonds. The van der Waals surface area contributed by atoms with Crippen molar-refractivity contribution in [2.45, 2.75) is 65.2 Å². The zero-order valence-corrected chi connectivity index (χ0v) is 13.0. The monoisotopic (exact) mass is 280 g/mol. The lowest BCUT2D eigenvalue weighted by Gasteiger charge is -2.15. The number of hydrazine groups is 1. The lowest BCUT2D eigenvalue weighted by atomic mass is 10.1. The minimum Gasteiger partial charge on any atom is -0.477 e. The van der Waals surface area contributed by atoms with Crippen molar-refractivity contribution in [2.75, 3.05) is 12.0 Å². The average molecular weight is 280 g/mol. The zero-order chi connectivity index (χ0) is 14.8. The van der Waals surface area contributed by atoms with Gasteiger partial charge in [-0.05, 0) is 12.3 Å². The lowest BCUT2D eigenvalue weighted by molar-refractivity contribution is 0.288. The average Bonchev–Trinajstić information content (AvgIpc) is 2.45. The van der Waals surface area contributed by atoms with Crippen LogP contribution in [0, 0.1) is 0 Å². The molecule has 1 aromatic heterocycles. The molecule has 0 radical (unpaired) electrons. The van der Waals surface area contributed by atoms with E-state index in [-0.39, 0.29) is 5.92 Å². The van der Waals surface area contributed by atoms with Crippen LogP contribution in [0.15, 0.2) is 6.33 Å². The van der Waals surface area contributed by atoms with Gasteiger partial charge in [0.1, 0.15) is 6.33 Å². The minimum atomic E-state index is 0.266. The summed E-state index contributed by atoms with van der Waals surface area (Å²) < 4.78 is 5.80. The highest BCUT2D eigenvalue weighted by molar-refractivity contribution is 5.49. The fraction of sp³-hybridized carbons (Fsp3) is 0.733. The van der Waals surface area contributed by atoms with Gasteiger partial charge in [-0.25, -0.2) is 15.8 Å². The maximum Gasteiger partial charge on any atom is 0.222 e. The molecule has 0 fully saturated rings. The number of nitrogens with zero attached hydrogens (tertiary/aromatic N) is 2. The molecule has 0 unspecified atom stereocenters. The van der Waals surface area contributed by atoms with Crippen molar-refractivity contribution in [1.29, 1.82) is 0 Å². The third kappa shape index (κ3) is 5.33. The van der Waals surface area contributed by atoms with Gasteiger partial charge in [-0.2, -0.15) is 0 Å². The van der Waals surface area contributed by atoms with E-state index in [0.29, 0.717) is 18.3 Å². The number of anilines is 1. The SMILES string of the molecule is CCCCCCCCOc1ncnc(NN)c1C(C)C. The molecule has 1 heterocycles. The van der Waals surface area contributed by atoms with Gasteiger partial charge >= 0.3 is 0 Å². The van der Waals surface area contributed by atoms with Crippen molar-refractivity contribution in [3.05, 3.63) is 11.9 Å². The Kier molecular flexibility index (Phi) is 7.95. The van der Waals surface area contributed by atoms with Crippen molar-refractivity contribution in [1.82, 2.24) is 9.97 Å². The van der Waals surface area contributed by atoms with E-state index in [4.69, 9.17) is 10.6 Å². The van der Waals surface area contributed by atoms with Gasteiger partial charge < -0.3 is 10.2 Å². The maximum absolute atomic E-state index is 5.80. The third-order valence-corrected chi connectivity index (χ3v) is 3.30. The Balaban J connectivity index is 2.43. The Morgan fingerprint density at radius 3 is 2.50 bits per heavy atom. The standard InChI is InChI=1S/C15H28N4O/c1-4-5-6-7-8-9-10-20-15-13(12(2)3)14(19-16)17-11-18-15/h11-12H,4-10,16H2,1-3H3,(H,17,18,19). The van der Waals surface area contributed by atoms with Crippen LogP contribution in [0.5, 0.6) is 5.88 Å². The van der Waals surface area contributed by atoms with Crippen LogP contribution in [0.25, 0.3) is 0 Å². The van der Waals surface area contributed by atoms with E-state index in [1.54, 1.807) is 0 Å². The summed E-state index contributed by atoms with van der Waals surface area (Å²) in [5, 5.41) is 0. The van der Waals surface area contributed by atoms with Gasteiger partial charge in [-0.3, -0.25) is 0 Å². The molecule has 114 valence electrons. The number of nitrogen functional groups attached to an aromatic ring is 1. The molecule has 1 rings (SSSR count). The Morgan fingerprint density at radius 2 is 1.85 bits per heavy atom. The number of aromatic nitrogens is 2. The van der Waals surface area contributed by atoms with Crippen LogP contribution in [0.4, 0.5) is 5.82 Å². The minimum absolute atomic E-state index is 0.266. The smallest absolute Gasteiger partial charge is 0.222 e. The second-order valence-corrected chi connectivity index (χ2v) is 5.36. The predicted octanol–water partition coefficient (Wildman–Crippen LogP) is 3.62. The summed E-state index contributed by atoms with van der Waals surface area (Å²) in [6, 6.07) is 0. The Morgan fingerprint density at radius 1 is 1.15 bits per heavy atom. The first-order chi connectivity index (χ1) is 9.70. The molecule has 5 nitrogen and oxygen atoms in total. The molecule has 0 spiro atoms. The first kappa shape index (κ1) is 16.7. The van der Waals surface area contributed by atoms with Gasteiger partial charge in [0.05, 0.1) is 12.2 Å². The number of ether oxygens (including phenoxy) is 1. The third-order valence-electron chi connectivity index (χ3n) is 3.30. The highest BCUT2D eigenvalue weighted by atomic mass is 16.5. The fourth-order valence-corrected chi connectivity index (χ4v) is 2.18. The lowest BCUT2D eigenvalue weighted by Crippen LogP contribution is -2.14. The largest absolute Gasteiger partial charge is 0.477 e. The van der Waals surface area contributed by atoms with E-state index in [0.717, 1.165) is 12.0 Å². The predicted molar refractivity (Wildman–Crippen MR) is 82.8 cm³/mol. The summed E-state index contributed by atoms with van der Waals surface area (Å²) >= 11 is 0. The number of rotatable bonds is 10. The zero-order valence-electron chi connectivity index (χ0n) is 13.0. The fourth-order valence-electron chi connectivity index (χ4n) is 2.18. The number of unbranched alkanes of at least 4 members (excludes halogenated alkanes) is 5. The molecule has 3 N–H and O–H groups in total. The molecule has 1 aromatic rings. The van der Waals surface area contributed by atoms with Gasteiger partial charge in [-0.1, -0.05) is 52.9 Å². The van der Waals surface area contributed by atoms with E-state index in [9.17, 15) is 0 Å². The molecule has 0 aromatic carbocycles. The first-order valence-electron chi connectivity index (χ1n) is 7.65. The van der Waals surface area contributed by atoms with Crippen molar-refractivity contribution in [2.24, 2.45) is 5.84 Å². The Labute approximate surface area is 122 Å². The molecule has 0 aliphatic rings. The van der Waals surface area contributed by atoms with Crippen LogP contribution < -0.4 is 16.0 Å². The van der Waals surface area contributed by atoms with Gasteiger partial charge in [-0.15, -0.1) is 0 Å². The summed E-state index contributed by atoms with van der Waals surface area (Å²) in [4.78, 5) is 8.36. The summed E-state index contributed by atoms with van der Waals surface area (Å²) in [5.41, 5.74) is 3.56. The van der Waals surface area contributed by atoms with Crippen LogP contribution in [-0.4, -0.2) is 16.6 Å². The molecule has 0 saturated heterocycles. The Bertz CT molecular complexity index is 382. The van der Waals surface area contributed by atoms with Crippen LogP contribution in [-0.2, 0) is 0 Å². The quantitative estimate of drug-likeness (QED) is 0.389. The number of hydrogen-bond acceptors (Lipinski definition) is 5. The van der Waals surface area contributed by atoms with Crippen molar-refractivity contribution in [3.63, 3.8) is 0 Å². The molecule has 0 atom stereocenters. The normalized spacial score (nSPS) is 10.8. The molecule has 0 aliphatic carbocycles. The van der Waals surface area contributed by atoms with E-state index in [2.05, 4.69) is 36.2 Å². The van der Waals surface area contributed by atoms with Crippen LogP contribution in [0.3, 0.4) is 0 Å². The van der Waals surface area contributed by atoms with Gasteiger partial charge in [0.15, 0.2) is 5.82 Å². The highest BCUT2D eigenvalue weighted by Crippen LogP contribution is 2.29. The van der Waals surface area contributed by atoms with Crippen molar-refractivity contribution < 1.29 is 4.74 Å². The van der Waals surface area contributed by atoms with Crippen LogP contribution in [0.2, 0.25) is 0 Å². The molecule has 20 heavy (non-hydrogen) atoms. The second-order valence-electron chi connectivity index (χ2n) is 5.36. The van der Waals surface area contributed by atoms with E-state index >= 15 is 0 Å². The number of nitrogens with two attached hydrogens (primary N) is 1. The molecule has 0 aliphatic heterocycles. The molecular formula is C15H28N4O. The van der Waals surface area contributed by atoms with E-state index in [1.165, 1.54) is 38.4 Å². The second kappa shape index (κ2) is 9.53. The summed E-state index contributed by atoms with van der Waals surface area (Å²) in [7, 11) is 0.